The summed E-state index contributed by atoms with van der Waals surface area (Å²) in [5.74, 6) is 0.417. The van der Waals surface area contributed by atoms with Crippen molar-refractivity contribution in [2.75, 3.05) is 13.8 Å². The van der Waals surface area contributed by atoms with E-state index in [1.54, 1.807) is 12.1 Å². The zero-order valence-corrected chi connectivity index (χ0v) is 9.26. The van der Waals surface area contributed by atoms with E-state index in [9.17, 15) is 9.50 Å². The van der Waals surface area contributed by atoms with Crippen LogP contribution in [0.3, 0.4) is 0 Å². The normalized spacial score (nSPS) is 11.7. The molecule has 1 aromatic carbocycles. The number of nitrogens with two attached hydrogens (primary N) is 1. The summed E-state index contributed by atoms with van der Waals surface area (Å²) < 4.78 is 16.9. The van der Waals surface area contributed by atoms with E-state index in [0.717, 1.165) is 5.56 Å². The van der Waals surface area contributed by atoms with Crippen molar-refractivity contribution in [3.8, 4) is 11.5 Å². The molecular formula is C10H15ClFNO2. The second-order valence-electron chi connectivity index (χ2n) is 3.02. The average molecular weight is 236 g/mol. The molecule has 1 rings (SSSR count). The highest BCUT2D eigenvalue weighted by atomic mass is 35.5. The Morgan fingerprint density at radius 1 is 1.53 bits per heavy atom. The molecule has 0 aliphatic rings. The summed E-state index contributed by atoms with van der Waals surface area (Å²) >= 11 is 0. The molecule has 0 unspecified atom stereocenters. The van der Waals surface area contributed by atoms with Crippen LogP contribution in [0.25, 0.3) is 0 Å². The third kappa shape index (κ3) is 3.57. The summed E-state index contributed by atoms with van der Waals surface area (Å²) in [4.78, 5) is 0. The lowest BCUT2D eigenvalue weighted by atomic mass is 10.0. The molecule has 0 aliphatic carbocycles. The van der Waals surface area contributed by atoms with Gasteiger partial charge in [-0.15, -0.1) is 12.4 Å². The van der Waals surface area contributed by atoms with Gasteiger partial charge in [-0.3, -0.25) is 4.39 Å². The summed E-state index contributed by atoms with van der Waals surface area (Å²) in [5, 5.41) is 9.31. The smallest absolute Gasteiger partial charge is 0.160 e. The maximum absolute atomic E-state index is 12.0. The Balaban J connectivity index is 0.00000196. The average Bonchev–Trinajstić information content (AvgIpc) is 2.19. The minimum atomic E-state index is -0.454. The summed E-state index contributed by atoms with van der Waals surface area (Å²) in [6, 6.07) is 4.43. The fourth-order valence-electron chi connectivity index (χ4n) is 1.21. The van der Waals surface area contributed by atoms with Crippen LogP contribution >= 0.6 is 12.4 Å². The Morgan fingerprint density at radius 2 is 2.20 bits per heavy atom. The van der Waals surface area contributed by atoms with Crippen molar-refractivity contribution in [1.29, 1.82) is 0 Å². The van der Waals surface area contributed by atoms with Crippen molar-refractivity contribution in [2.24, 2.45) is 5.73 Å². The van der Waals surface area contributed by atoms with E-state index < -0.39 is 6.67 Å². The highest BCUT2D eigenvalue weighted by Crippen LogP contribution is 2.28. The first kappa shape index (κ1) is 14.0. The van der Waals surface area contributed by atoms with Gasteiger partial charge in [0.1, 0.15) is 0 Å². The lowest BCUT2D eigenvalue weighted by Crippen LogP contribution is -2.10. The number of hydrogen-bond donors (Lipinski definition) is 2. The van der Waals surface area contributed by atoms with Crippen LogP contribution in [-0.4, -0.2) is 18.9 Å². The lowest BCUT2D eigenvalue weighted by molar-refractivity contribution is 0.372. The van der Waals surface area contributed by atoms with E-state index in [-0.39, 0.29) is 30.6 Å². The van der Waals surface area contributed by atoms with E-state index in [4.69, 9.17) is 10.5 Å². The number of rotatable bonds is 4. The minimum Gasteiger partial charge on any atom is -0.504 e. The number of alkyl halides is 1. The van der Waals surface area contributed by atoms with Crippen LogP contribution in [0, 0.1) is 0 Å². The van der Waals surface area contributed by atoms with Crippen molar-refractivity contribution in [3.05, 3.63) is 23.8 Å². The fraction of sp³-hybridized carbons (Fsp3) is 0.400. The molecule has 0 bridgehead atoms. The Hall–Kier alpha value is -1.00. The highest BCUT2D eigenvalue weighted by Gasteiger charge is 2.09. The SMILES string of the molecule is COc1cc([C@H](N)CCF)ccc1O.Cl. The molecule has 0 fully saturated rings. The van der Waals surface area contributed by atoms with Gasteiger partial charge in [0.2, 0.25) is 0 Å². The molecule has 3 nitrogen and oxygen atoms in total. The largest absolute Gasteiger partial charge is 0.504 e. The molecule has 0 saturated heterocycles. The topological polar surface area (TPSA) is 55.5 Å². The number of methoxy groups -OCH3 is 1. The van der Waals surface area contributed by atoms with Crippen LogP contribution in [0.4, 0.5) is 4.39 Å². The first-order chi connectivity index (χ1) is 6.69. The fourth-order valence-corrected chi connectivity index (χ4v) is 1.21. The van der Waals surface area contributed by atoms with Crippen LogP contribution in [0.2, 0.25) is 0 Å². The van der Waals surface area contributed by atoms with Crippen molar-refractivity contribution < 1.29 is 14.2 Å². The van der Waals surface area contributed by atoms with Gasteiger partial charge in [-0.05, 0) is 24.1 Å². The summed E-state index contributed by atoms with van der Waals surface area (Å²) in [5.41, 5.74) is 6.46. The van der Waals surface area contributed by atoms with Crippen molar-refractivity contribution in [2.45, 2.75) is 12.5 Å². The van der Waals surface area contributed by atoms with E-state index in [1.807, 2.05) is 0 Å². The molecule has 0 radical (unpaired) electrons. The van der Waals surface area contributed by atoms with Crippen molar-refractivity contribution in [1.82, 2.24) is 0 Å². The van der Waals surface area contributed by atoms with E-state index in [1.165, 1.54) is 13.2 Å². The summed E-state index contributed by atoms with van der Waals surface area (Å²) in [7, 11) is 1.46. The number of phenolic OH excluding ortho intramolecular Hbond substituents is 1. The van der Waals surface area contributed by atoms with Gasteiger partial charge in [-0.1, -0.05) is 6.07 Å². The predicted molar refractivity (Wildman–Crippen MR) is 59.4 cm³/mol. The molecule has 0 amide bonds. The highest BCUT2D eigenvalue weighted by molar-refractivity contribution is 5.85. The van der Waals surface area contributed by atoms with Gasteiger partial charge in [0.15, 0.2) is 11.5 Å². The lowest BCUT2D eigenvalue weighted by Gasteiger charge is -2.11. The molecule has 0 aliphatic heterocycles. The van der Waals surface area contributed by atoms with Gasteiger partial charge < -0.3 is 15.6 Å². The van der Waals surface area contributed by atoms with Gasteiger partial charge in [0.05, 0.1) is 13.8 Å². The Labute approximate surface area is 94.5 Å². The van der Waals surface area contributed by atoms with Gasteiger partial charge in [-0.25, -0.2) is 0 Å². The molecule has 3 N–H and O–H groups in total. The zero-order valence-electron chi connectivity index (χ0n) is 8.44. The number of ether oxygens (including phenoxy) is 1. The van der Waals surface area contributed by atoms with Gasteiger partial charge >= 0.3 is 0 Å². The standard InChI is InChI=1S/C10H14FNO2.ClH/c1-14-10-6-7(2-3-9(10)13)8(12)4-5-11;/h2-3,6,8,13H,4-5,12H2,1H3;1H/t8-;/m1./s1. The third-order valence-corrected chi connectivity index (χ3v) is 2.05. The van der Waals surface area contributed by atoms with Crippen molar-refractivity contribution >= 4 is 12.4 Å². The second kappa shape index (κ2) is 6.48. The monoisotopic (exact) mass is 235 g/mol. The maximum atomic E-state index is 12.0. The number of phenols is 1. The van der Waals surface area contributed by atoms with E-state index >= 15 is 0 Å². The van der Waals surface area contributed by atoms with Crippen LogP contribution in [-0.2, 0) is 0 Å². The minimum absolute atomic E-state index is 0. The number of hydrogen-bond acceptors (Lipinski definition) is 3. The molecule has 5 heteroatoms. The van der Waals surface area contributed by atoms with Crippen LogP contribution in [0.1, 0.15) is 18.0 Å². The number of benzene rings is 1. The molecule has 0 heterocycles. The summed E-state index contributed by atoms with van der Waals surface area (Å²) in [6.07, 6.45) is 0.272. The second-order valence-corrected chi connectivity index (χ2v) is 3.02. The van der Waals surface area contributed by atoms with Crippen molar-refractivity contribution in [3.63, 3.8) is 0 Å². The first-order valence-electron chi connectivity index (χ1n) is 4.37. The Bertz CT molecular complexity index is 309. The summed E-state index contributed by atoms with van der Waals surface area (Å²) in [6.45, 7) is -0.454. The predicted octanol–water partition coefficient (Wildman–Crippen LogP) is 2.18. The van der Waals surface area contributed by atoms with Crippen LogP contribution in [0.15, 0.2) is 18.2 Å². The van der Waals surface area contributed by atoms with Crippen LogP contribution < -0.4 is 10.5 Å². The van der Waals surface area contributed by atoms with E-state index in [2.05, 4.69) is 0 Å². The van der Waals surface area contributed by atoms with Gasteiger partial charge in [-0.2, -0.15) is 0 Å². The third-order valence-electron chi connectivity index (χ3n) is 2.05. The molecule has 0 spiro atoms. The van der Waals surface area contributed by atoms with Crippen LogP contribution in [0.5, 0.6) is 11.5 Å². The molecule has 0 saturated carbocycles. The first-order valence-corrected chi connectivity index (χ1v) is 4.37. The quantitative estimate of drug-likeness (QED) is 0.841. The number of halogens is 2. The Kier molecular flexibility index (Phi) is 6.05. The molecule has 0 aromatic heterocycles. The molecule has 1 atom stereocenters. The zero-order chi connectivity index (χ0) is 10.6. The Morgan fingerprint density at radius 3 is 2.73 bits per heavy atom. The molecule has 1 aromatic rings. The number of aromatic hydroxyl groups is 1. The molecular weight excluding hydrogens is 221 g/mol. The molecule has 15 heavy (non-hydrogen) atoms. The molecule has 86 valence electrons. The van der Waals surface area contributed by atoms with E-state index in [0.29, 0.717) is 5.75 Å². The maximum Gasteiger partial charge on any atom is 0.160 e. The van der Waals surface area contributed by atoms with Gasteiger partial charge in [0.25, 0.3) is 0 Å². The van der Waals surface area contributed by atoms with Gasteiger partial charge in [0, 0.05) is 6.04 Å².